The van der Waals surface area contributed by atoms with E-state index in [9.17, 15) is 0 Å². The lowest BCUT2D eigenvalue weighted by Gasteiger charge is -2.40. The van der Waals surface area contributed by atoms with Gasteiger partial charge in [0, 0.05) is 38.4 Å². The molecule has 1 aliphatic rings. The van der Waals surface area contributed by atoms with Crippen molar-refractivity contribution in [3.63, 3.8) is 0 Å². The molecule has 138 valence electrons. The maximum atomic E-state index is 5.92. The topological polar surface area (TPSA) is 32.5 Å². The molecule has 0 radical (unpaired) electrons. The molecule has 0 amide bonds. The first kappa shape index (κ1) is 17.8. The molecule has 0 bridgehead atoms. The van der Waals surface area contributed by atoms with Gasteiger partial charge in [-0.15, -0.1) is 0 Å². The molecule has 27 heavy (non-hydrogen) atoms. The first-order valence-electron chi connectivity index (χ1n) is 9.70. The summed E-state index contributed by atoms with van der Waals surface area (Å²) in [5.74, 6) is 0. The van der Waals surface area contributed by atoms with Crippen LogP contribution in [0.3, 0.4) is 0 Å². The molecule has 3 heteroatoms. The van der Waals surface area contributed by atoms with Crippen molar-refractivity contribution in [1.29, 1.82) is 0 Å². The zero-order chi connectivity index (χ0) is 18.5. The molecular formula is C24H27N3. The van der Waals surface area contributed by atoms with Crippen molar-refractivity contribution in [3.8, 4) is 0 Å². The Balaban J connectivity index is 1.49. The lowest BCUT2D eigenvalue weighted by molar-refractivity contribution is 0.105. The smallest absolute Gasteiger partial charge is 0.0602 e. The van der Waals surface area contributed by atoms with Gasteiger partial charge in [-0.3, -0.25) is 9.80 Å². The second-order valence-corrected chi connectivity index (χ2v) is 7.28. The van der Waals surface area contributed by atoms with Crippen molar-refractivity contribution in [2.45, 2.75) is 12.6 Å². The predicted molar refractivity (Wildman–Crippen MR) is 112 cm³/mol. The van der Waals surface area contributed by atoms with E-state index in [0.29, 0.717) is 0 Å². The molecule has 1 saturated heterocycles. The summed E-state index contributed by atoms with van der Waals surface area (Å²) in [5, 5.41) is 0. The summed E-state index contributed by atoms with van der Waals surface area (Å²) in [4.78, 5) is 5.15. The molecule has 3 aromatic carbocycles. The normalized spacial score (nSPS) is 16.9. The van der Waals surface area contributed by atoms with Crippen molar-refractivity contribution in [2.24, 2.45) is 0 Å². The third-order valence-electron chi connectivity index (χ3n) is 5.39. The Morgan fingerprint density at radius 3 is 1.85 bits per heavy atom. The third kappa shape index (κ3) is 4.38. The van der Waals surface area contributed by atoms with Gasteiger partial charge in [-0.1, -0.05) is 72.8 Å². The van der Waals surface area contributed by atoms with Gasteiger partial charge in [0.2, 0.25) is 0 Å². The summed E-state index contributed by atoms with van der Waals surface area (Å²) in [6.07, 6.45) is 0. The fourth-order valence-electron chi connectivity index (χ4n) is 3.95. The molecule has 3 nitrogen and oxygen atoms in total. The van der Waals surface area contributed by atoms with Gasteiger partial charge in [-0.2, -0.15) is 0 Å². The third-order valence-corrected chi connectivity index (χ3v) is 5.39. The minimum atomic E-state index is 0.283. The highest BCUT2D eigenvalue weighted by molar-refractivity contribution is 5.42. The van der Waals surface area contributed by atoms with Gasteiger partial charge in [0.15, 0.2) is 0 Å². The Kier molecular flexibility index (Phi) is 5.52. The molecule has 1 unspecified atom stereocenters. The number of piperazine rings is 1. The molecular weight excluding hydrogens is 330 g/mol. The fourth-order valence-corrected chi connectivity index (χ4v) is 3.95. The summed E-state index contributed by atoms with van der Waals surface area (Å²) < 4.78 is 0. The van der Waals surface area contributed by atoms with E-state index in [1.54, 1.807) is 0 Å². The van der Waals surface area contributed by atoms with Crippen LogP contribution < -0.4 is 5.73 Å². The average molecular weight is 358 g/mol. The molecule has 1 heterocycles. The van der Waals surface area contributed by atoms with E-state index in [0.717, 1.165) is 38.4 Å². The van der Waals surface area contributed by atoms with Crippen LogP contribution in [-0.4, -0.2) is 36.0 Å². The first-order chi connectivity index (χ1) is 13.3. The van der Waals surface area contributed by atoms with Crippen molar-refractivity contribution >= 4 is 5.69 Å². The summed E-state index contributed by atoms with van der Waals surface area (Å²) in [6, 6.07) is 30.2. The Labute approximate surface area is 162 Å². The molecule has 2 N–H and O–H groups in total. The van der Waals surface area contributed by atoms with Gasteiger partial charge in [-0.25, -0.2) is 0 Å². The lowest BCUT2D eigenvalue weighted by Crippen LogP contribution is -2.47. The van der Waals surface area contributed by atoms with Crippen LogP contribution in [0.5, 0.6) is 0 Å². The highest BCUT2D eigenvalue weighted by Crippen LogP contribution is 2.30. The number of hydrogen-bond donors (Lipinski definition) is 1. The summed E-state index contributed by atoms with van der Waals surface area (Å²) in [6.45, 7) is 5.35. The molecule has 1 fully saturated rings. The first-order valence-corrected chi connectivity index (χ1v) is 9.70. The summed E-state index contributed by atoms with van der Waals surface area (Å²) >= 11 is 0. The summed E-state index contributed by atoms with van der Waals surface area (Å²) in [7, 11) is 0. The Morgan fingerprint density at radius 1 is 0.667 bits per heavy atom. The van der Waals surface area contributed by atoms with Gasteiger partial charge in [0.25, 0.3) is 0 Å². The zero-order valence-electron chi connectivity index (χ0n) is 15.7. The predicted octanol–water partition coefficient (Wildman–Crippen LogP) is 4.18. The molecule has 1 atom stereocenters. The molecule has 4 rings (SSSR count). The van der Waals surface area contributed by atoms with Crippen molar-refractivity contribution in [2.75, 3.05) is 31.9 Å². The fraction of sp³-hybridized carbons (Fsp3) is 0.250. The SMILES string of the molecule is Nc1ccc(C(c2ccccc2)N2CCN(Cc3ccccc3)CC2)cc1. The van der Waals surface area contributed by atoms with Crippen LogP contribution in [0.25, 0.3) is 0 Å². The van der Waals surface area contributed by atoms with Gasteiger partial charge in [0.05, 0.1) is 6.04 Å². The number of nitrogens with two attached hydrogens (primary N) is 1. The maximum absolute atomic E-state index is 5.92. The van der Waals surface area contributed by atoms with E-state index >= 15 is 0 Å². The number of nitrogens with zero attached hydrogens (tertiary/aromatic N) is 2. The van der Waals surface area contributed by atoms with Gasteiger partial charge in [0.1, 0.15) is 0 Å². The van der Waals surface area contributed by atoms with Crippen LogP contribution in [-0.2, 0) is 6.54 Å². The monoisotopic (exact) mass is 357 g/mol. The van der Waals surface area contributed by atoms with E-state index in [-0.39, 0.29) is 6.04 Å². The average Bonchev–Trinajstić information content (AvgIpc) is 2.73. The molecule has 0 spiro atoms. The van der Waals surface area contributed by atoms with Crippen LogP contribution in [0.1, 0.15) is 22.7 Å². The Bertz CT molecular complexity index is 823. The van der Waals surface area contributed by atoms with E-state index in [2.05, 4.69) is 82.6 Å². The van der Waals surface area contributed by atoms with Gasteiger partial charge >= 0.3 is 0 Å². The van der Waals surface area contributed by atoms with Crippen molar-refractivity contribution in [1.82, 2.24) is 9.80 Å². The second kappa shape index (κ2) is 8.38. The molecule has 1 aliphatic heterocycles. The van der Waals surface area contributed by atoms with Gasteiger partial charge < -0.3 is 5.73 Å². The van der Waals surface area contributed by atoms with E-state index < -0.39 is 0 Å². The Hall–Kier alpha value is -2.62. The minimum absolute atomic E-state index is 0.283. The van der Waals surface area contributed by atoms with Crippen molar-refractivity contribution < 1.29 is 0 Å². The quantitative estimate of drug-likeness (QED) is 0.696. The molecule has 0 aliphatic carbocycles. The van der Waals surface area contributed by atoms with E-state index in [4.69, 9.17) is 5.73 Å². The largest absolute Gasteiger partial charge is 0.399 e. The van der Waals surface area contributed by atoms with Crippen LogP contribution in [0, 0.1) is 0 Å². The number of anilines is 1. The zero-order valence-corrected chi connectivity index (χ0v) is 15.7. The summed E-state index contributed by atoms with van der Waals surface area (Å²) in [5.41, 5.74) is 10.8. The van der Waals surface area contributed by atoms with Crippen molar-refractivity contribution in [3.05, 3.63) is 102 Å². The van der Waals surface area contributed by atoms with Crippen LogP contribution in [0.4, 0.5) is 5.69 Å². The Morgan fingerprint density at radius 2 is 1.22 bits per heavy atom. The minimum Gasteiger partial charge on any atom is -0.399 e. The molecule has 3 aromatic rings. The van der Waals surface area contributed by atoms with E-state index in [1.807, 2.05) is 12.1 Å². The number of nitrogen functional groups attached to an aromatic ring is 1. The van der Waals surface area contributed by atoms with Crippen LogP contribution >= 0.6 is 0 Å². The highest BCUT2D eigenvalue weighted by Gasteiger charge is 2.26. The highest BCUT2D eigenvalue weighted by atomic mass is 15.3. The second-order valence-electron chi connectivity index (χ2n) is 7.28. The van der Waals surface area contributed by atoms with Crippen LogP contribution in [0.15, 0.2) is 84.9 Å². The molecule has 0 saturated carbocycles. The van der Waals surface area contributed by atoms with Gasteiger partial charge in [-0.05, 0) is 28.8 Å². The van der Waals surface area contributed by atoms with E-state index in [1.165, 1.54) is 16.7 Å². The molecule has 0 aromatic heterocycles. The maximum Gasteiger partial charge on any atom is 0.0602 e. The number of rotatable bonds is 5. The standard InChI is InChI=1S/C24H27N3/c25-23-13-11-22(12-14-23)24(21-9-5-2-6-10-21)27-17-15-26(16-18-27)19-20-7-3-1-4-8-20/h1-14,24H,15-19,25H2. The number of hydrogen-bond acceptors (Lipinski definition) is 3. The lowest BCUT2D eigenvalue weighted by atomic mass is 9.96. The van der Waals surface area contributed by atoms with Crippen LogP contribution in [0.2, 0.25) is 0 Å². The number of benzene rings is 3.